The Hall–Kier alpha value is -1.88. The molecule has 2 N–H and O–H groups in total. The summed E-state index contributed by atoms with van der Waals surface area (Å²) < 4.78 is 0.830. The van der Waals surface area contributed by atoms with E-state index in [4.69, 9.17) is 5.26 Å². The summed E-state index contributed by atoms with van der Waals surface area (Å²) in [7, 11) is 0. The first-order valence-electron chi connectivity index (χ1n) is 7.92. The van der Waals surface area contributed by atoms with E-state index < -0.39 is 0 Å². The Kier molecular flexibility index (Phi) is 4.27. The van der Waals surface area contributed by atoms with Gasteiger partial charge in [0.25, 0.3) is 5.91 Å². The van der Waals surface area contributed by atoms with Crippen LogP contribution in [0.1, 0.15) is 34.5 Å². The van der Waals surface area contributed by atoms with Crippen LogP contribution < -0.4 is 10.6 Å². The molecule has 0 aliphatic carbocycles. The molecule has 24 heavy (non-hydrogen) atoms. The highest BCUT2D eigenvalue weighted by Crippen LogP contribution is 2.31. The minimum absolute atomic E-state index is 0.00749. The Labute approximate surface area is 148 Å². The van der Waals surface area contributed by atoms with Crippen molar-refractivity contribution in [2.75, 3.05) is 0 Å². The van der Waals surface area contributed by atoms with E-state index in [9.17, 15) is 4.79 Å². The van der Waals surface area contributed by atoms with Crippen molar-refractivity contribution in [3.05, 3.63) is 40.9 Å². The van der Waals surface area contributed by atoms with Crippen molar-refractivity contribution >= 4 is 29.0 Å². The average Bonchev–Trinajstić information content (AvgIpc) is 3.32. The van der Waals surface area contributed by atoms with E-state index in [1.54, 1.807) is 6.20 Å². The van der Waals surface area contributed by atoms with Gasteiger partial charge < -0.3 is 10.6 Å². The first kappa shape index (κ1) is 15.6. The second-order valence-electron chi connectivity index (χ2n) is 6.09. The average molecular weight is 356 g/mol. The van der Waals surface area contributed by atoms with Gasteiger partial charge in [-0.25, -0.2) is 4.98 Å². The number of carbonyl (C=O) groups excluding carboxylic acids is 1. The third-order valence-electron chi connectivity index (χ3n) is 4.53. The molecule has 2 aromatic rings. The van der Waals surface area contributed by atoms with Gasteiger partial charge in [0.15, 0.2) is 4.34 Å². The van der Waals surface area contributed by atoms with Crippen LogP contribution in [0.3, 0.4) is 0 Å². The topological polar surface area (TPSA) is 77.8 Å². The minimum atomic E-state index is -0.00749. The molecule has 5 nitrogen and oxygen atoms in total. The number of hydrogen-bond donors (Lipinski definition) is 2. The molecule has 2 bridgehead atoms. The Bertz CT molecular complexity index is 796. The summed E-state index contributed by atoms with van der Waals surface area (Å²) in [5.41, 5.74) is 0.680. The van der Waals surface area contributed by atoms with Crippen molar-refractivity contribution in [3.63, 3.8) is 0 Å². The van der Waals surface area contributed by atoms with Gasteiger partial charge in [-0.05, 0) is 43.5 Å². The minimum Gasteiger partial charge on any atom is -0.348 e. The molecule has 1 aromatic heterocycles. The highest BCUT2D eigenvalue weighted by molar-refractivity contribution is 8.01. The fourth-order valence-electron chi connectivity index (χ4n) is 3.37. The molecule has 3 unspecified atom stereocenters. The number of hydrogen-bond acceptors (Lipinski definition) is 6. The zero-order valence-corrected chi connectivity index (χ0v) is 14.5. The molecule has 3 atom stereocenters. The largest absolute Gasteiger partial charge is 0.348 e. The number of rotatable bonds is 4. The summed E-state index contributed by atoms with van der Waals surface area (Å²) in [5, 5.41) is 15.5. The number of fused-ring (bicyclic) bond motifs is 2. The van der Waals surface area contributed by atoms with Gasteiger partial charge in [-0.2, -0.15) is 5.26 Å². The Morgan fingerprint density at radius 2 is 2.21 bits per heavy atom. The van der Waals surface area contributed by atoms with E-state index in [0.29, 0.717) is 22.5 Å². The monoisotopic (exact) mass is 356 g/mol. The molecule has 4 rings (SSSR count). The summed E-state index contributed by atoms with van der Waals surface area (Å²) in [5.74, 6) is -0.00749. The lowest BCUT2D eigenvalue weighted by Gasteiger charge is -2.21. The lowest BCUT2D eigenvalue weighted by atomic mass is 9.95. The second-order valence-corrected chi connectivity index (χ2v) is 8.44. The Balaban J connectivity index is 1.38. The SMILES string of the molecule is N#Cc1cnc(Sc2ccc(C(=O)NC3CC4CCC3N4)cc2)s1. The summed E-state index contributed by atoms with van der Waals surface area (Å²) in [6.45, 7) is 0. The summed E-state index contributed by atoms with van der Waals surface area (Å²) in [4.78, 5) is 18.2. The third-order valence-corrected chi connectivity index (χ3v) is 6.52. The maximum Gasteiger partial charge on any atom is 0.251 e. The summed E-state index contributed by atoms with van der Waals surface area (Å²) in [6, 6.07) is 10.9. The van der Waals surface area contributed by atoms with Crippen molar-refractivity contribution in [2.24, 2.45) is 0 Å². The van der Waals surface area contributed by atoms with Crippen LogP contribution in [-0.4, -0.2) is 29.0 Å². The number of aromatic nitrogens is 1. The van der Waals surface area contributed by atoms with Crippen LogP contribution in [0.2, 0.25) is 0 Å². The van der Waals surface area contributed by atoms with E-state index >= 15 is 0 Å². The first-order valence-corrected chi connectivity index (χ1v) is 9.55. The van der Waals surface area contributed by atoms with Crippen LogP contribution in [0.15, 0.2) is 39.7 Å². The second kappa shape index (κ2) is 6.55. The predicted molar refractivity (Wildman–Crippen MR) is 93.2 cm³/mol. The molecule has 2 aliphatic heterocycles. The van der Waals surface area contributed by atoms with Gasteiger partial charge in [0.1, 0.15) is 10.9 Å². The van der Waals surface area contributed by atoms with Crippen molar-refractivity contribution in [2.45, 2.75) is 46.6 Å². The van der Waals surface area contributed by atoms with Gasteiger partial charge in [-0.3, -0.25) is 4.79 Å². The predicted octanol–water partition coefficient (Wildman–Crippen LogP) is 2.79. The smallest absolute Gasteiger partial charge is 0.251 e. The molecule has 0 radical (unpaired) electrons. The van der Waals surface area contributed by atoms with Crippen molar-refractivity contribution in [1.82, 2.24) is 15.6 Å². The first-order chi connectivity index (χ1) is 11.7. The molecule has 0 spiro atoms. The van der Waals surface area contributed by atoms with Gasteiger partial charge in [-0.15, -0.1) is 0 Å². The molecular formula is C17H16N4OS2. The van der Waals surface area contributed by atoms with Crippen molar-refractivity contribution in [3.8, 4) is 6.07 Å². The molecular weight excluding hydrogens is 340 g/mol. The van der Waals surface area contributed by atoms with Crippen LogP contribution in [0.5, 0.6) is 0 Å². The Morgan fingerprint density at radius 1 is 1.38 bits per heavy atom. The zero-order chi connectivity index (χ0) is 16.5. The van der Waals surface area contributed by atoms with Gasteiger partial charge in [-0.1, -0.05) is 23.1 Å². The number of nitrogens with one attached hydrogen (secondary N) is 2. The summed E-state index contributed by atoms with van der Waals surface area (Å²) >= 11 is 2.87. The quantitative estimate of drug-likeness (QED) is 0.881. The van der Waals surface area contributed by atoms with Crippen LogP contribution in [0.4, 0.5) is 0 Å². The van der Waals surface area contributed by atoms with E-state index in [1.165, 1.54) is 29.5 Å². The number of thiazole rings is 1. The third kappa shape index (κ3) is 3.18. The maximum absolute atomic E-state index is 12.4. The molecule has 0 saturated carbocycles. The van der Waals surface area contributed by atoms with Crippen LogP contribution >= 0.6 is 23.1 Å². The fraction of sp³-hybridized carbons (Fsp3) is 0.353. The fourth-order valence-corrected chi connectivity index (χ4v) is 5.12. The number of benzene rings is 1. The normalized spacial score (nSPS) is 24.7. The van der Waals surface area contributed by atoms with E-state index in [2.05, 4.69) is 21.7 Å². The number of nitriles is 1. The molecule has 2 saturated heterocycles. The number of carbonyl (C=O) groups is 1. The maximum atomic E-state index is 12.4. The van der Waals surface area contributed by atoms with Crippen LogP contribution in [-0.2, 0) is 0 Å². The highest BCUT2D eigenvalue weighted by atomic mass is 32.2. The van der Waals surface area contributed by atoms with Crippen LogP contribution in [0.25, 0.3) is 0 Å². The standard InChI is InChI=1S/C17H16N4OS2/c18-8-13-9-19-17(24-13)23-12-4-1-10(2-5-12)16(22)21-15-7-11-3-6-14(15)20-11/h1-2,4-5,9,11,14-15,20H,3,6-7H2,(H,21,22). The van der Waals surface area contributed by atoms with E-state index in [-0.39, 0.29) is 11.9 Å². The molecule has 2 aliphatic rings. The molecule has 1 aromatic carbocycles. The number of amides is 1. The Morgan fingerprint density at radius 3 is 2.83 bits per heavy atom. The molecule has 3 heterocycles. The molecule has 1 amide bonds. The molecule has 122 valence electrons. The zero-order valence-electron chi connectivity index (χ0n) is 12.9. The lowest BCUT2D eigenvalue weighted by molar-refractivity contribution is 0.0931. The van der Waals surface area contributed by atoms with Gasteiger partial charge in [0, 0.05) is 28.6 Å². The molecule has 7 heteroatoms. The van der Waals surface area contributed by atoms with Crippen molar-refractivity contribution < 1.29 is 4.79 Å². The van der Waals surface area contributed by atoms with Crippen LogP contribution in [0, 0.1) is 11.3 Å². The molecule has 2 fully saturated rings. The van der Waals surface area contributed by atoms with Crippen molar-refractivity contribution in [1.29, 1.82) is 5.26 Å². The van der Waals surface area contributed by atoms with Gasteiger partial charge >= 0.3 is 0 Å². The van der Waals surface area contributed by atoms with E-state index in [0.717, 1.165) is 22.1 Å². The summed E-state index contributed by atoms with van der Waals surface area (Å²) in [6.07, 6.45) is 5.00. The lowest BCUT2D eigenvalue weighted by Crippen LogP contribution is -2.42. The number of nitrogens with zero attached hydrogens (tertiary/aromatic N) is 2. The highest BCUT2D eigenvalue weighted by Gasteiger charge is 2.39. The van der Waals surface area contributed by atoms with Gasteiger partial charge in [0.05, 0.1) is 6.20 Å². The van der Waals surface area contributed by atoms with E-state index in [1.807, 2.05) is 24.3 Å². The van der Waals surface area contributed by atoms with Gasteiger partial charge in [0.2, 0.25) is 0 Å².